The molecule has 4 unspecified atom stereocenters. The van der Waals surface area contributed by atoms with Crippen LogP contribution in [0.25, 0.3) is 0 Å². The van der Waals surface area contributed by atoms with Crippen molar-refractivity contribution in [3.05, 3.63) is 16.6 Å². The minimum absolute atomic E-state index is 0.181. The molecule has 2 aliphatic carbocycles. The number of thiazole rings is 1. The molecule has 0 aliphatic heterocycles. The fourth-order valence-electron chi connectivity index (χ4n) is 3.52. The summed E-state index contributed by atoms with van der Waals surface area (Å²) in [5.74, 6) is 2.91. The smallest absolute Gasteiger partial charge is 0.0795 e. The molecule has 2 aliphatic rings. The van der Waals surface area contributed by atoms with E-state index in [0.717, 1.165) is 29.9 Å². The molecule has 0 spiro atoms. The van der Waals surface area contributed by atoms with Crippen LogP contribution in [0.15, 0.2) is 10.9 Å². The Bertz CT molecular complexity index is 322. The van der Waals surface area contributed by atoms with Crippen LogP contribution >= 0.6 is 11.3 Å². The highest BCUT2D eigenvalue weighted by atomic mass is 32.1. The van der Waals surface area contributed by atoms with Crippen molar-refractivity contribution in [1.82, 2.24) is 4.98 Å². The third-order valence-corrected chi connectivity index (χ3v) is 4.88. The largest absolute Gasteiger partial charge is 0.323 e. The number of nitrogens with two attached hydrogens (primary N) is 1. The molecule has 2 nitrogen and oxygen atoms in total. The van der Waals surface area contributed by atoms with E-state index in [9.17, 15) is 0 Å². The summed E-state index contributed by atoms with van der Waals surface area (Å²) >= 11 is 1.65. The van der Waals surface area contributed by atoms with Crippen molar-refractivity contribution in [2.45, 2.75) is 38.1 Å². The maximum atomic E-state index is 6.20. The first-order valence-electron chi connectivity index (χ1n) is 5.96. The molecule has 2 bridgehead atoms. The maximum Gasteiger partial charge on any atom is 0.0795 e. The number of fused-ring (bicyclic) bond motifs is 2. The Hall–Kier alpha value is -0.410. The fraction of sp³-hybridized carbons (Fsp3) is 0.750. The molecule has 1 heterocycles. The second-order valence-corrected chi connectivity index (χ2v) is 5.91. The van der Waals surface area contributed by atoms with Gasteiger partial charge in [0.2, 0.25) is 0 Å². The standard InChI is InChI=1S/C12H18N2S/c13-11(12-6-15-7-14-12)5-10-4-8-1-2-9(10)3-8/h6-11H,1-5,13H2. The number of rotatable bonds is 3. The predicted octanol–water partition coefficient (Wildman–Crippen LogP) is 2.97. The highest BCUT2D eigenvalue weighted by Gasteiger charge is 2.39. The van der Waals surface area contributed by atoms with Crippen molar-refractivity contribution in [3.8, 4) is 0 Å². The lowest BCUT2D eigenvalue weighted by Crippen LogP contribution is -2.19. The van der Waals surface area contributed by atoms with Gasteiger partial charge in [-0.2, -0.15) is 0 Å². The van der Waals surface area contributed by atoms with E-state index in [-0.39, 0.29) is 6.04 Å². The number of nitrogens with zero attached hydrogens (tertiary/aromatic N) is 1. The van der Waals surface area contributed by atoms with Gasteiger partial charge in [0.05, 0.1) is 11.2 Å². The highest BCUT2D eigenvalue weighted by Crippen LogP contribution is 2.50. The van der Waals surface area contributed by atoms with E-state index in [2.05, 4.69) is 10.4 Å². The quantitative estimate of drug-likeness (QED) is 0.854. The minimum Gasteiger partial charge on any atom is -0.323 e. The molecule has 15 heavy (non-hydrogen) atoms. The second-order valence-electron chi connectivity index (χ2n) is 5.19. The van der Waals surface area contributed by atoms with E-state index < -0.39 is 0 Å². The Morgan fingerprint density at radius 3 is 3.00 bits per heavy atom. The van der Waals surface area contributed by atoms with Gasteiger partial charge in [0.1, 0.15) is 0 Å². The number of aromatic nitrogens is 1. The first kappa shape index (κ1) is 9.79. The molecule has 0 aromatic carbocycles. The zero-order valence-electron chi connectivity index (χ0n) is 8.93. The minimum atomic E-state index is 0.181. The van der Waals surface area contributed by atoms with Gasteiger partial charge in [0.15, 0.2) is 0 Å². The Labute approximate surface area is 94.9 Å². The molecule has 82 valence electrons. The second kappa shape index (κ2) is 3.87. The van der Waals surface area contributed by atoms with Crippen LogP contribution in [-0.4, -0.2) is 4.98 Å². The third kappa shape index (κ3) is 1.83. The van der Waals surface area contributed by atoms with E-state index >= 15 is 0 Å². The van der Waals surface area contributed by atoms with Gasteiger partial charge >= 0.3 is 0 Å². The summed E-state index contributed by atoms with van der Waals surface area (Å²) in [6.07, 6.45) is 7.01. The molecule has 0 amide bonds. The van der Waals surface area contributed by atoms with E-state index in [1.807, 2.05) is 5.51 Å². The van der Waals surface area contributed by atoms with Crippen molar-refractivity contribution in [2.24, 2.45) is 23.5 Å². The van der Waals surface area contributed by atoms with Gasteiger partial charge in [-0.1, -0.05) is 6.42 Å². The molecule has 1 aromatic heterocycles. The van der Waals surface area contributed by atoms with Crippen molar-refractivity contribution >= 4 is 11.3 Å². The molecule has 3 heteroatoms. The summed E-state index contributed by atoms with van der Waals surface area (Å²) in [5, 5.41) is 2.10. The predicted molar refractivity (Wildman–Crippen MR) is 62.6 cm³/mol. The van der Waals surface area contributed by atoms with Crippen molar-refractivity contribution < 1.29 is 0 Å². The average molecular weight is 222 g/mol. The summed E-state index contributed by atoms with van der Waals surface area (Å²) in [4.78, 5) is 4.31. The normalized spacial score (nSPS) is 35.9. The Morgan fingerprint density at radius 2 is 2.40 bits per heavy atom. The zero-order valence-corrected chi connectivity index (χ0v) is 9.75. The van der Waals surface area contributed by atoms with Crippen LogP contribution in [0.5, 0.6) is 0 Å². The first-order valence-corrected chi connectivity index (χ1v) is 6.91. The Morgan fingerprint density at radius 1 is 1.47 bits per heavy atom. The SMILES string of the molecule is NC(CC1CC2CCC1C2)c1cscn1. The summed E-state index contributed by atoms with van der Waals surface area (Å²) in [6.45, 7) is 0. The molecule has 0 radical (unpaired) electrons. The lowest BCUT2D eigenvalue weighted by atomic mass is 9.84. The van der Waals surface area contributed by atoms with Gasteiger partial charge in [-0.25, -0.2) is 4.98 Å². The average Bonchev–Trinajstić information content (AvgIpc) is 2.95. The molecule has 2 fully saturated rings. The topological polar surface area (TPSA) is 38.9 Å². The van der Waals surface area contributed by atoms with Gasteiger partial charge in [-0.05, 0) is 43.4 Å². The lowest BCUT2D eigenvalue weighted by molar-refractivity contribution is 0.295. The summed E-state index contributed by atoms with van der Waals surface area (Å²) < 4.78 is 0. The lowest BCUT2D eigenvalue weighted by Gasteiger charge is -2.23. The van der Waals surface area contributed by atoms with E-state index in [4.69, 9.17) is 5.73 Å². The summed E-state index contributed by atoms with van der Waals surface area (Å²) in [6, 6.07) is 0.181. The number of hydrogen-bond acceptors (Lipinski definition) is 3. The fourth-order valence-corrected chi connectivity index (χ4v) is 4.14. The van der Waals surface area contributed by atoms with Crippen LogP contribution < -0.4 is 5.73 Å². The van der Waals surface area contributed by atoms with E-state index in [1.54, 1.807) is 11.3 Å². The molecule has 1 aromatic rings. The van der Waals surface area contributed by atoms with Gasteiger partial charge < -0.3 is 5.73 Å². The third-order valence-electron chi connectivity index (χ3n) is 4.27. The Balaban J connectivity index is 1.62. The molecule has 0 saturated heterocycles. The van der Waals surface area contributed by atoms with Crippen molar-refractivity contribution in [3.63, 3.8) is 0 Å². The maximum absolute atomic E-state index is 6.20. The van der Waals surface area contributed by atoms with Crippen molar-refractivity contribution in [2.75, 3.05) is 0 Å². The highest BCUT2D eigenvalue weighted by molar-refractivity contribution is 7.07. The summed E-state index contributed by atoms with van der Waals surface area (Å²) in [5.41, 5.74) is 9.18. The molecule has 2 saturated carbocycles. The monoisotopic (exact) mass is 222 g/mol. The van der Waals surface area contributed by atoms with Crippen LogP contribution in [0.3, 0.4) is 0 Å². The molecular formula is C12H18N2S. The van der Waals surface area contributed by atoms with Crippen LogP contribution in [0, 0.1) is 17.8 Å². The van der Waals surface area contributed by atoms with Gasteiger partial charge in [0.25, 0.3) is 0 Å². The van der Waals surface area contributed by atoms with Gasteiger partial charge in [-0.3, -0.25) is 0 Å². The van der Waals surface area contributed by atoms with Crippen LogP contribution in [-0.2, 0) is 0 Å². The molecule has 3 rings (SSSR count). The molecular weight excluding hydrogens is 204 g/mol. The van der Waals surface area contributed by atoms with E-state index in [1.165, 1.54) is 25.7 Å². The van der Waals surface area contributed by atoms with Gasteiger partial charge in [0, 0.05) is 11.4 Å². The van der Waals surface area contributed by atoms with Crippen LogP contribution in [0.1, 0.15) is 43.8 Å². The van der Waals surface area contributed by atoms with Crippen molar-refractivity contribution in [1.29, 1.82) is 0 Å². The van der Waals surface area contributed by atoms with E-state index in [0.29, 0.717) is 0 Å². The zero-order chi connectivity index (χ0) is 10.3. The molecule has 4 atom stereocenters. The first-order chi connectivity index (χ1) is 7.33. The molecule has 2 N–H and O–H groups in total. The van der Waals surface area contributed by atoms with Crippen LogP contribution in [0.2, 0.25) is 0 Å². The van der Waals surface area contributed by atoms with Crippen LogP contribution in [0.4, 0.5) is 0 Å². The Kier molecular flexibility index (Phi) is 2.53. The number of hydrogen-bond donors (Lipinski definition) is 1. The van der Waals surface area contributed by atoms with Gasteiger partial charge in [-0.15, -0.1) is 11.3 Å². The summed E-state index contributed by atoms with van der Waals surface area (Å²) in [7, 11) is 0.